The minimum absolute atomic E-state index is 0.346. The second-order valence-electron chi connectivity index (χ2n) is 4.46. The van der Waals surface area contributed by atoms with Gasteiger partial charge in [-0.15, -0.1) is 0 Å². The molecule has 0 saturated carbocycles. The van der Waals surface area contributed by atoms with Crippen molar-refractivity contribution in [3.63, 3.8) is 0 Å². The van der Waals surface area contributed by atoms with Crippen LogP contribution in [0.25, 0.3) is 22.8 Å². The maximum absolute atomic E-state index is 11.6. The fourth-order valence-electron chi connectivity index (χ4n) is 1.92. The number of hydrogen-bond acceptors (Lipinski definition) is 6. The molecule has 0 N–H and O–H groups in total. The molecular weight excluding hydrogens is 282 g/mol. The van der Waals surface area contributed by atoms with Gasteiger partial charge in [0, 0.05) is 23.5 Å². The summed E-state index contributed by atoms with van der Waals surface area (Å²) in [4.78, 5) is 19.9. The van der Waals surface area contributed by atoms with E-state index in [4.69, 9.17) is 9.26 Å². The van der Waals surface area contributed by atoms with Crippen molar-refractivity contribution in [2.24, 2.45) is 0 Å². The van der Waals surface area contributed by atoms with Gasteiger partial charge in [-0.05, 0) is 43.3 Å². The van der Waals surface area contributed by atoms with Gasteiger partial charge in [0.05, 0.1) is 12.2 Å². The number of esters is 1. The van der Waals surface area contributed by atoms with Crippen LogP contribution in [0.1, 0.15) is 17.3 Å². The summed E-state index contributed by atoms with van der Waals surface area (Å²) in [7, 11) is 0. The van der Waals surface area contributed by atoms with Gasteiger partial charge >= 0.3 is 5.97 Å². The molecule has 3 aromatic rings. The zero-order valence-corrected chi connectivity index (χ0v) is 11.9. The summed E-state index contributed by atoms with van der Waals surface area (Å²) < 4.78 is 10.2. The molecule has 0 unspecified atom stereocenters. The molecule has 6 nitrogen and oxygen atoms in total. The Balaban J connectivity index is 1.83. The number of carbonyl (C=O) groups excluding carboxylic acids is 1. The highest BCUT2D eigenvalue weighted by Gasteiger charge is 2.12. The second-order valence-corrected chi connectivity index (χ2v) is 4.46. The minimum Gasteiger partial charge on any atom is -0.462 e. The van der Waals surface area contributed by atoms with Crippen LogP contribution in [0, 0.1) is 0 Å². The van der Waals surface area contributed by atoms with E-state index in [1.165, 1.54) is 0 Å². The summed E-state index contributed by atoms with van der Waals surface area (Å²) in [5.74, 6) is 0.502. The Hall–Kier alpha value is -3.02. The summed E-state index contributed by atoms with van der Waals surface area (Å²) in [6.45, 7) is 2.11. The lowest BCUT2D eigenvalue weighted by Gasteiger charge is -2.01. The smallest absolute Gasteiger partial charge is 0.338 e. The average molecular weight is 295 g/mol. The Morgan fingerprint density at radius 2 is 2.00 bits per heavy atom. The number of pyridine rings is 1. The van der Waals surface area contributed by atoms with E-state index in [0.29, 0.717) is 23.9 Å². The first-order valence-corrected chi connectivity index (χ1v) is 6.79. The van der Waals surface area contributed by atoms with Crippen molar-refractivity contribution >= 4 is 5.97 Å². The number of aromatic nitrogens is 3. The summed E-state index contributed by atoms with van der Waals surface area (Å²) >= 11 is 0. The third kappa shape index (κ3) is 2.85. The van der Waals surface area contributed by atoms with E-state index in [1.807, 2.05) is 6.07 Å². The molecule has 0 radical (unpaired) electrons. The molecule has 110 valence electrons. The van der Waals surface area contributed by atoms with Gasteiger partial charge in [0.1, 0.15) is 0 Å². The largest absolute Gasteiger partial charge is 0.462 e. The fourth-order valence-corrected chi connectivity index (χ4v) is 1.92. The lowest BCUT2D eigenvalue weighted by molar-refractivity contribution is 0.0526. The molecule has 0 bridgehead atoms. The molecule has 0 atom stereocenters. The summed E-state index contributed by atoms with van der Waals surface area (Å²) in [6, 6.07) is 10.5. The molecule has 6 heteroatoms. The van der Waals surface area contributed by atoms with Crippen LogP contribution >= 0.6 is 0 Å². The Labute approximate surface area is 126 Å². The van der Waals surface area contributed by atoms with Crippen molar-refractivity contribution in [1.29, 1.82) is 0 Å². The standard InChI is InChI=1S/C16H13N3O3/c1-2-21-16(20)12-7-5-11(6-8-12)15-18-14(19-22-15)13-4-3-9-17-10-13/h3-10H,2H2,1H3. The Morgan fingerprint density at radius 1 is 1.18 bits per heavy atom. The van der Waals surface area contributed by atoms with Crippen LogP contribution in [0.4, 0.5) is 0 Å². The maximum Gasteiger partial charge on any atom is 0.338 e. The van der Waals surface area contributed by atoms with E-state index in [1.54, 1.807) is 49.6 Å². The summed E-state index contributed by atoms with van der Waals surface area (Å²) in [5, 5.41) is 3.93. The Morgan fingerprint density at radius 3 is 2.68 bits per heavy atom. The van der Waals surface area contributed by atoms with Crippen LogP contribution in [0.3, 0.4) is 0 Å². The van der Waals surface area contributed by atoms with E-state index in [0.717, 1.165) is 11.1 Å². The number of hydrogen-bond donors (Lipinski definition) is 0. The van der Waals surface area contributed by atoms with E-state index >= 15 is 0 Å². The molecule has 0 aliphatic rings. The molecule has 2 heterocycles. The first-order chi connectivity index (χ1) is 10.8. The van der Waals surface area contributed by atoms with Crippen molar-refractivity contribution < 1.29 is 14.1 Å². The van der Waals surface area contributed by atoms with Crippen LogP contribution in [-0.4, -0.2) is 27.7 Å². The molecule has 0 amide bonds. The van der Waals surface area contributed by atoms with Crippen LogP contribution < -0.4 is 0 Å². The highest BCUT2D eigenvalue weighted by molar-refractivity contribution is 5.89. The van der Waals surface area contributed by atoms with Crippen molar-refractivity contribution in [3.05, 3.63) is 54.4 Å². The normalized spacial score (nSPS) is 10.4. The number of ether oxygens (including phenoxy) is 1. The maximum atomic E-state index is 11.6. The highest BCUT2D eigenvalue weighted by Crippen LogP contribution is 2.22. The van der Waals surface area contributed by atoms with Gasteiger partial charge in [-0.1, -0.05) is 5.16 Å². The Bertz CT molecular complexity index is 767. The molecular formula is C16H13N3O3. The van der Waals surface area contributed by atoms with Crippen molar-refractivity contribution in [3.8, 4) is 22.8 Å². The molecule has 22 heavy (non-hydrogen) atoms. The number of rotatable bonds is 4. The lowest BCUT2D eigenvalue weighted by Crippen LogP contribution is -2.03. The quantitative estimate of drug-likeness (QED) is 0.688. The molecule has 0 fully saturated rings. The van der Waals surface area contributed by atoms with Gasteiger partial charge in [0.15, 0.2) is 0 Å². The van der Waals surface area contributed by atoms with Gasteiger partial charge in [0.25, 0.3) is 5.89 Å². The van der Waals surface area contributed by atoms with Gasteiger partial charge in [-0.3, -0.25) is 4.98 Å². The second kappa shape index (κ2) is 6.17. The zero-order valence-electron chi connectivity index (χ0n) is 11.9. The van der Waals surface area contributed by atoms with Gasteiger partial charge < -0.3 is 9.26 Å². The molecule has 2 aromatic heterocycles. The van der Waals surface area contributed by atoms with Crippen LogP contribution in [0.15, 0.2) is 53.3 Å². The monoisotopic (exact) mass is 295 g/mol. The number of benzene rings is 1. The Kier molecular flexibility index (Phi) is 3.91. The van der Waals surface area contributed by atoms with E-state index in [-0.39, 0.29) is 5.97 Å². The van der Waals surface area contributed by atoms with E-state index in [2.05, 4.69) is 15.1 Å². The van der Waals surface area contributed by atoms with E-state index in [9.17, 15) is 4.79 Å². The molecule has 0 aliphatic heterocycles. The molecule has 0 aliphatic carbocycles. The summed E-state index contributed by atoms with van der Waals surface area (Å²) in [6.07, 6.45) is 3.34. The number of carbonyl (C=O) groups is 1. The summed E-state index contributed by atoms with van der Waals surface area (Å²) in [5.41, 5.74) is 1.99. The predicted octanol–water partition coefficient (Wildman–Crippen LogP) is 2.98. The van der Waals surface area contributed by atoms with Gasteiger partial charge in [0.2, 0.25) is 5.82 Å². The average Bonchev–Trinajstić information content (AvgIpc) is 3.06. The number of nitrogens with zero attached hydrogens (tertiary/aromatic N) is 3. The predicted molar refractivity (Wildman–Crippen MR) is 78.9 cm³/mol. The molecule has 0 spiro atoms. The SMILES string of the molecule is CCOC(=O)c1ccc(-c2nc(-c3cccnc3)no2)cc1. The van der Waals surface area contributed by atoms with Crippen molar-refractivity contribution in [2.75, 3.05) is 6.61 Å². The lowest BCUT2D eigenvalue weighted by atomic mass is 10.1. The first-order valence-electron chi connectivity index (χ1n) is 6.79. The fraction of sp³-hybridized carbons (Fsp3) is 0.125. The molecule has 0 saturated heterocycles. The topological polar surface area (TPSA) is 78.1 Å². The van der Waals surface area contributed by atoms with Crippen LogP contribution in [0.2, 0.25) is 0 Å². The first kappa shape index (κ1) is 13.9. The van der Waals surface area contributed by atoms with E-state index < -0.39 is 0 Å². The third-order valence-electron chi connectivity index (χ3n) is 2.99. The van der Waals surface area contributed by atoms with Crippen molar-refractivity contribution in [2.45, 2.75) is 6.92 Å². The van der Waals surface area contributed by atoms with Crippen molar-refractivity contribution in [1.82, 2.24) is 15.1 Å². The third-order valence-corrected chi connectivity index (χ3v) is 2.99. The van der Waals surface area contributed by atoms with Gasteiger partial charge in [-0.25, -0.2) is 4.79 Å². The zero-order chi connectivity index (χ0) is 15.4. The van der Waals surface area contributed by atoms with Crippen LogP contribution in [-0.2, 0) is 4.74 Å². The molecule has 3 rings (SSSR count). The van der Waals surface area contributed by atoms with Gasteiger partial charge in [-0.2, -0.15) is 4.98 Å². The van der Waals surface area contributed by atoms with Crippen LogP contribution in [0.5, 0.6) is 0 Å². The minimum atomic E-state index is -0.351. The highest BCUT2D eigenvalue weighted by atomic mass is 16.5. The molecule has 1 aromatic carbocycles.